The maximum Gasteiger partial charge on any atom is 0.248 e. The third-order valence-electron chi connectivity index (χ3n) is 3.54. The predicted molar refractivity (Wildman–Crippen MR) is 97.8 cm³/mol. The minimum Gasteiger partial charge on any atom is -0.366 e. The molecule has 2 aromatic carbocycles. The number of carbonyl (C=O) groups excluding carboxylic acids is 1. The van der Waals surface area contributed by atoms with Gasteiger partial charge in [0.2, 0.25) is 5.91 Å². The summed E-state index contributed by atoms with van der Waals surface area (Å²) in [5, 5.41) is 6.53. The van der Waals surface area contributed by atoms with Crippen LogP contribution >= 0.6 is 0 Å². The molecule has 5 heteroatoms. The number of primary amides is 1. The van der Waals surface area contributed by atoms with Gasteiger partial charge in [0.25, 0.3) is 0 Å². The van der Waals surface area contributed by atoms with Crippen LogP contribution in [0.1, 0.15) is 34.0 Å². The van der Waals surface area contributed by atoms with E-state index >= 15 is 0 Å². The van der Waals surface area contributed by atoms with Gasteiger partial charge in [-0.15, -0.1) is 0 Å². The molecule has 2 rings (SSSR count). The lowest BCUT2D eigenvalue weighted by atomic mass is 10.1. The molecule has 0 atom stereocenters. The number of nitrogens with one attached hydrogen (secondary N) is 2. The Morgan fingerprint density at radius 1 is 1.08 bits per heavy atom. The molecule has 0 fully saturated rings. The lowest BCUT2D eigenvalue weighted by Crippen LogP contribution is -2.36. The van der Waals surface area contributed by atoms with E-state index in [9.17, 15) is 4.79 Å². The van der Waals surface area contributed by atoms with Crippen molar-refractivity contribution in [3.63, 3.8) is 0 Å². The molecule has 4 N–H and O–H groups in total. The molecule has 0 heterocycles. The van der Waals surface area contributed by atoms with Crippen LogP contribution in [0.25, 0.3) is 0 Å². The summed E-state index contributed by atoms with van der Waals surface area (Å²) in [7, 11) is 0. The van der Waals surface area contributed by atoms with Crippen LogP contribution in [-0.2, 0) is 13.1 Å². The van der Waals surface area contributed by atoms with Crippen molar-refractivity contribution in [1.29, 1.82) is 0 Å². The van der Waals surface area contributed by atoms with Crippen LogP contribution in [0.4, 0.5) is 0 Å². The van der Waals surface area contributed by atoms with Crippen molar-refractivity contribution in [2.45, 2.75) is 26.9 Å². The lowest BCUT2D eigenvalue weighted by molar-refractivity contribution is 0.100. The number of benzene rings is 2. The van der Waals surface area contributed by atoms with Crippen molar-refractivity contribution in [1.82, 2.24) is 10.6 Å². The highest BCUT2D eigenvalue weighted by molar-refractivity contribution is 5.92. The minimum atomic E-state index is -0.414. The summed E-state index contributed by atoms with van der Waals surface area (Å²) in [5.74, 6) is 0.348. The molecular formula is C19H24N4O. The molecule has 0 saturated carbocycles. The largest absolute Gasteiger partial charge is 0.366 e. The van der Waals surface area contributed by atoms with Gasteiger partial charge in [-0.05, 0) is 37.1 Å². The first-order chi connectivity index (χ1) is 11.6. The summed E-state index contributed by atoms with van der Waals surface area (Å²) in [6.45, 7) is 6.15. The van der Waals surface area contributed by atoms with Gasteiger partial charge < -0.3 is 16.4 Å². The molecule has 2 aromatic rings. The summed E-state index contributed by atoms with van der Waals surface area (Å²) < 4.78 is 0. The van der Waals surface area contributed by atoms with E-state index in [1.807, 2.05) is 25.1 Å². The first-order valence-corrected chi connectivity index (χ1v) is 8.05. The summed E-state index contributed by atoms with van der Waals surface area (Å²) >= 11 is 0. The zero-order valence-electron chi connectivity index (χ0n) is 14.2. The second-order valence-electron chi connectivity index (χ2n) is 5.60. The molecule has 1 amide bonds. The third kappa shape index (κ3) is 5.43. The second kappa shape index (κ2) is 8.72. The maximum atomic E-state index is 11.1. The van der Waals surface area contributed by atoms with Crippen molar-refractivity contribution in [2.24, 2.45) is 10.7 Å². The van der Waals surface area contributed by atoms with Crippen LogP contribution < -0.4 is 16.4 Å². The Morgan fingerprint density at radius 3 is 2.46 bits per heavy atom. The highest BCUT2D eigenvalue weighted by Crippen LogP contribution is 2.06. The van der Waals surface area contributed by atoms with Crippen LogP contribution in [0.3, 0.4) is 0 Å². The van der Waals surface area contributed by atoms with Crippen LogP contribution in [0.2, 0.25) is 0 Å². The molecule has 24 heavy (non-hydrogen) atoms. The van der Waals surface area contributed by atoms with E-state index in [4.69, 9.17) is 5.73 Å². The molecule has 0 aliphatic carbocycles. The monoisotopic (exact) mass is 324 g/mol. The van der Waals surface area contributed by atoms with Gasteiger partial charge in [-0.2, -0.15) is 0 Å². The number of aliphatic imine (C=N–C) groups is 1. The Labute approximate surface area is 143 Å². The van der Waals surface area contributed by atoms with Crippen LogP contribution in [0.15, 0.2) is 53.5 Å². The van der Waals surface area contributed by atoms with Gasteiger partial charge in [0.15, 0.2) is 5.96 Å². The van der Waals surface area contributed by atoms with Crippen LogP contribution in [0.5, 0.6) is 0 Å². The molecule has 5 nitrogen and oxygen atoms in total. The topological polar surface area (TPSA) is 79.5 Å². The fourth-order valence-corrected chi connectivity index (χ4v) is 2.30. The second-order valence-corrected chi connectivity index (χ2v) is 5.60. The summed E-state index contributed by atoms with van der Waals surface area (Å²) in [6, 6.07) is 15.6. The van der Waals surface area contributed by atoms with Crippen molar-refractivity contribution < 1.29 is 4.79 Å². The average molecular weight is 324 g/mol. The van der Waals surface area contributed by atoms with Gasteiger partial charge in [0.05, 0.1) is 6.54 Å². The first kappa shape index (κ1) is 17.5. The Kier molecular flexibility index (Phi) is 6.37. The fraction of sp³-hybridized carbons (Fsp3) is 0.263. The number of guanidine groups is 1. The van der Waals surface area contributed by atoms with E-state index in [0.29, 0.717) is 18.7 Å². The molecule has 0 aliphatic heterocycles. The van der Waals surface area contributed by atoms with Gasteiger partial charge in [-0.1, -0.05) is 42.0 Å². The Hall–Kier alpha value is -2.82. The standard InChI is InChI=1S/C19H24N4O/c1-3-21-19(23-13-16-6-4-5-14(2)11-16)22-12-15-7-9-17(10-8-15)18(20)24/h4-11H,3,12-13H2,1-2H3,(H2,20,24)(H2,21,22,23). The van der Waals surface area contributed by atoms with Gasteiger partial charge >= 0.3 is 0 Å². The van der Waals surface area contributed by atoms with E-state index in [1.165, 1.54) is 11.1 Å². The number of amides is 1. The van der Waals surface area contributed by atoms with Crippen molar-refractivity contribution >= 4 is 11.9 Å². The van der Waals surface area contributed by atoms with Gasteiger partial charge in [-0.3, -0.25) is 4.79 Å². The number of hydrogen-bond acceptors (Lipinski definition) is 2. The normalized spacial score (nSPS) is 11.2. The first-order valence-electron chi connectivity index (χ1n) is 8.05. The van der Waals surface area contributed by atoms with Gasteiger partial charge in [0.1, 0.15) is 0 Å². The smallest absolute Gasteiger partial charge is 0.248 e. The van der Waals surface area contributed by atoms with Crippen molar-refractivity contribution in [3.05, 3.63) is 70.8 Å². The molecule has 126 valence electrons. The van der Waals surface area contributed by atoms with Crippen molar-refractivity contribution in [3.8, 4) is 0 Å². The Balaban J connectivity index is 1.97. The Morgan fingerprint density at radius 2 is 1.83 bits per heavy atom. The Bertz CT molecular complexity index is 708. The molecule has 0 aromatic heterocycles. The molecule has 0 spiro atoms. The van der Waals surface area contributed by atoms with Crippen LogP contribution in [-0.4, -0.2) is 18.4 Å². The summed E-state index contributed by atoms with van der Waals surface area (Å²) in [6.07, 6.45) is 0. The average Bonchev–Trinajstić information content (AvgIpc) is 2.58. The van der Waals surface area contributed by atoms with Crippen molar-refractivity contribution in [2.75, 3.05) is 6.54 Å². The molecule has 0 saturated heterocycles. The fourth-order valence-electron chi connectivity index (χ4n) is 2.30. The molecule has 0 bridgehead atoms. The molecule has 0 aliphatic rings. The highest BCUT2D eigenvalue weighted by atomic mass is 16.1. The predicted octanol–water partition coefficient (Wildman–Crippen LogP) is 2.35. The number of hydrogen-bond donors (Lipinski definition) is 3. The van der Waals surface area contributed by atoms with Gasteiger partial charge in [0, 0.05) is 18.7 Å². The molecule has 0 unspecified atom stereocenters. The highest BCUT2D eigenvalue weighted by Gasteiger charge is 2.02. The SMILES string of the molecule is CCNC(=NCc1cccc(C)c1)NCc1ccc(C(N)=O)cc1. The summed E-state index contributed by atoms with van der Waals surface area (Å²) in [4.78, 5) is 15.7. The van der Waals surface area contributed by atoms with E-state index in [2.05, 4.69) is 40.7 Å². The van der Waals surface area contributed by atoms with E-state index in [-0.39, 0.29) is 0 Å². The van der Waals surface area contributed by atoms with Crippen LogP contribution in [0, 0.1) is 6.92 Å². The number of rotatable bonds is 6. The number of carbonyl (C=O) groups is 1. The zero-order valence-corrected chi connectivity index (χ0v) is 14.2. The van der Waals surface area contributed by atoms with Gasteiger partial charge in [-0.25, -0.2) is 4.99 Å². The zero-order chi connectivity index (χ0) is 17.4. The van der Waals surface area contributed by atoms with E-state index in [0.717, 1.165) is 18.1 Å². The maximum absolute atomic E-state index is 11.1. The molecule has 0 radical (unpaired) electrons. The summed E-state index contributed by atoms with van der Waals surface area (Å²) in [5.41, 5.74) is 9.23. The van der Waals surface area contributed by atoms with E-state index in [1.54, 1.807) is 12.1 Å². The third-order valence-corrected chi connectivity index (χ3v) is 3.54. The minimum absolute atomic E-state index is 0.414. The molecular weight excluding hydrogens is 300 g/mol. The van der Waals surface area contributed by atoms with E-state index < -0.39 is 5.91 Å². The number of aryl methyl sites for hydroxylation is 1. The number of nitrogens with two attached hydrogens (primary N) is 1. The lowest BCUT2D eigenvalue weighted by Gasteiger charge is -2.11. The quantitative estimate of drug-likeness (QED) is 0.564. The number of nitrogens with zero attached hydrogens (tertiary/aromatic N) is 1.